The Balaban J connectivity index is 2.49. The van der Waals surface area contributed by atoms with Gasteiger partial charge in [0.25, 0.3) is 0 Å². The molecule has 0 aliphatic heterocycles. The number of carbonyl (C=O) groups is 1. The molecule has 24 heavy (non-hydrogen) atoms. The zero-order valence-electron chi connectivity index (χ0n) is 12.8. The molecule has 2 rings (SSSR count). The van der Waals surface area contributed by atoms with Gasteiger partial charge in [-0.2, -0.15) is 13.2 Å². The fraction of sp³-hybridized carbons (Fsp3) is 0.235. The van der Waals surface area contributed by atoms with E-state index in [2.05, 4.69) is 21.8 Å². The average Bonchev–Trinajstić information content (AvgIpc) is 2.53. The number of hydrogen-bond donors (Lipinski definition) is 1. The van der Waals surface area contributed by atoms with E-state index in [9.17, 15) is 18.0 Å². The molecule has 0 spiro atoms. The first-order valence-electron chi connectivity index (χ1n) is 7.12. The summed E-state index contributed by atoms with van der Waals surface area (Å²) in [4.78, 5) is 18.5. The third-order valence-corrected chi connectivity index (χ3v) is 3.42. The second-order valence-electron chi connectivity index (χ2n) is 4.98. The first-order valence-corrected chi connectivity index (χ1v) is 7.12. The number of nitrogens with two attached hydrogens (primary N) is 1. The van der Waals surface area contributed by atoms with Crippen LogP contribution in [0.3, 0.4) is 0 Å². The van der Waals surface area contributed by atoms with Gasteiger partial charge in [-0.05, 0) is 24.0 Å². The van der Waals surface area contributed by atoms with E-state index in [0.717, 1.165) is 6.33 Å². The molecule has 1 aromatic carbocycles. The lowest BCUT2D eigenvalue weighted by atomic mass is 9.91. The van der Waals surface area contributed by atoms with Gasteiger partial charge in [-0.25, -0.2) is 9.97 Å². The summed E-state index contributed by atoms with van der Waals surface area (Å²) in [7, 11) is 0. The van der Waals surface area contributed by atoms with Crippen LogP contribution in [0, 0.1) is 11.8 Å². The second-order valence-corrected chi connectivity index (χ2v) is 4.98. The molecule has 4 nitrogen and oxygen atoms in total. The molecule has 0 radical (unpaired) electrons. The Morgan fingerprint density at radius 1 is 1.29 bits per heavy atom. The van der Waals surface area contributed by atoms with E-state index in [-0.39, 0.29) is 0 Å². The van der Waals surface area contributed by atoms with Crippen molar-refractivity contribution < 1.29 is 18.0 Å². The predicted octanol–water partition coefficient (Wildman–Crippen LogP) is 2.87. The molecular weight excluding hydrogens is 319 g/mol. The molecule has 0 aliphatic carbocycles. The summed E-state index contributed by atoms with van der Waals surface area (Å²) in [5.41, 5.74) is 4.99. The summed E-state index contributed by atoms with van der Waals surface area (Å²) in [6, 6.07) is 6.72. The molecule has 1 heterocycles. The van der Waals surface area contributed by atoms with Crippen LogP contribution in [0.25, 0.3) is 0 Å². The maximum atomic E-state index is 12.9. The van der Waals surface area contributed by atoms with Gasteiger partial charge in [0, 0.05) is 11.8 Å². The maximum Gasteiger partial charge on any atom is 0.420 e. The number of carbonyl (C=O) groups excluding carboxylic acids is 1. The number of benzene rings is 1. The molecule has 2 N–H and O–H groups in total. The Kier molecular flexibility index (Phi) is 5.19. The van der Waals surface area contributed by atoms with Crippen molar-refractivity contribution >= 4 is 5.91 Å². The van der Waals surface area contributed by atoms with Gasteiger partial charge in [0.2, 0.25) is 5.91 Å². The Bertz CT molecular complexity index is 806. The monoisotopic (exact) mass is 333 g/mol. The molecule has 0 bridgehead atoms. The van der Waals surface area contributed by atoms with E-state index in [1.807, 2.05) is 0 Å². The smallest absolute Gasteiger partial charge is 0.369 e. The third-order valence-electron chi connectivity index (χ3n) is 3.42. The van der Waals surface area contributed by atoms with Gasteiger partial charge in [-0.3, -0.25) is 4.79 Å². The van der Waals surface area contributed by atoms with Crippen LogP contribution in [0.5, 0.6) is 0 Å². The van der Waals surface area contributed by atoms with Crippen molar-refractivity contribution in [3.63, 3.8) is 0 Å². The SMILES string of the molecule is CCC(C(N)=O)c1ccccc1C#Cc1ncncc1C(F)(F)F. The first-order chi connectivity index (χ1) is 11.3. The number of primary amides is 1. The van der Waals surface area contributed by atoms with Crippen molar-refractivity contribution in [2.24, 2.45) is 5.73 Å². The third kappa shape index (κ3) is 3.90. The Morgan fingerprint density at radius 3 is 2.62 bits per heavy atom. The highest BCUT2D eigenvalue weighted by Crippen LogP contribution is 2.30. The molecular formula is C17H14F3N3O. The number of rotatable bonds is 3. The molecule has 124 valence electrons. The summed E-state index contributed by atoms with van der Waals surface area (Å²) < 4.78 is 38.8. The normalized spacial score (nSPS) is 12.2. The number of halogens is 3. The molecule has 1 amide bonds. The summed E-state index contributed by atoms with van der Waals surface area (Å²) in [5.74, 6) is 4.02. The van der Waals surface area contributed by atoms with Crippen LogP contribution in [0.2, 0.25) is 0 Å². The lowest BCUT2D eigenvalue weighted by molar-refractivity contribution is -0.138. The molecule has 1 unspecified atom stereocenters. The molecule has 2 aromatic rings. The number of hydrogen-bond acceptors (Lipinski definition) is 3. The molecule has 0 saturated heterocycles. The first kappa shape index (κ1) is 17.5. The van der Waals surface area contributed by atoms with E-state index in [4.69, 9.17) is 5.73 Å². The predicted molar refractivity (Wildman–Crippen MR) is 81.7 cm³/mol. The van der Waals surface area contributed by atoms with Gasteiger partial charge in [0.05, 0.1) is 5.92 Å². The van der Waals surface area contributed by atoms with Crippen molar-refractivity contribution in [1.82, 2.24) is 9.97 Å². The topological polar surface area (TPSA) is 68.9 Å². The van der Waals surface area contributed by atoms with E-state index < -0.39 is 29.3 Å². The highest BCUT2D eigenvalue weighted by Gasteiger charge is 2.34. The van der Waals surface area contributed by atoms with Crippen LogP contribution < -0.4 is 5.73 Å². The van der Waals surface area contributed by atoms with Gasteiger partial charge in [-0.1, -0.05) is 31.0 Å². The lowest BCUT2D eigenvalue weighted by Crippen LogP contribution is -2.21. The fourth-order valence-corrected chi connectivity index (χ4v) is 2.25. The molecule has 1 atom stereocenters. The van der Waals surface area contributed by atoms with E-state index in [0.29, 0.717) is 23.7 Å². The van der Waals surface area contributed by atoms with E-state index in [1.165, 1.54) is 0 Å². The number of nitrogens with zero attached hydrogens (tertiary/aromatic N) is 2. The number of aromatic nitrogens is 2. The van der Waals surface area contributed by atoms with Crippen molar-refractivity contribution in [3.05, 3.63) is 59.2 Å². The van der Waals surface area contributed by atoms with Crippen LogP contribution in [0.15, 0.2) is 36.8 Å². The van der Waals surface area contributed by atoms with Crippen molar-refractivity contribution in [2.45, 2.75) is 25.4 Å². The Hall–Kier alpha value is -2.88. The summed E-state index contributed by atoms with van der Waals surface area (Å²) >= 11 is 0. The highest BCUT2D eigenvalue weighted by molar-refractivity contribution is 5.82. The number of alkyl halides is 3. The molecule has 0 fully saturated rings. The Morgan fingerprint density at radius 2 is 2.00 bits per heavy atom. The van der Waals surface area contributed by atoms with Crippen molar-refractivity contribution in [2.75, 3.05) is 0 Å². The zero-order valence-corrected chi connectivity index (χ0v) is 12.8. The fourth-order valence-electron chi connectivity index (χ4n) is 2.25. The van der Waals surface area contributed by atoms with Crippen LogP contribution in [-0.2, 0) is 11.0 Å². The minimum absolute atomic E-state index is 0.417. The van der Waals surface area contributed by atoms with E-state index >= 15 is 0 Å². The zero-order chi connectivity index (χ0) is 17.7. The molecule has 0 aliphatic rings. The standard InChI is InChI=1S/C17H14F3N3O/c1-2-12(16(21)24)13-6-4-3-5-11(13)7-8-15-14(17(18,19)20)9-22-10-23-15/h3-6,9-10,12H,2H2,1H3,(H2,21,24). The number of amides is 1. The quantitative estimate of drug-likeness (QED) is 0.878. The van der Waals surface area contributed by atoms with Gasteiger partial charge in [0.1, 0.15) is 17.6 Å². The maximum absolute atomic E-state index is 12.9. The van der Waals surface area contributed by atoms with E-state index in [1.54, 1.807) is 31.2 Å². The van der Waals surface area contributed by atoms with Gasteiger partial charge in [0.15, 0.2) is 0 Å². The van der Waals surface area contributed by atoms with Crippen LogP contribution >= 0.6 is 0 Å². The highest BCUT2D eigenvalue weighted by atomic mass is 19.4. The average molecular weight is 333 g/mol. The second kappa shape index (κ2) is 7.13. The lowest BCUT2D eigenvalue weighted by Gasteiger charge is -2.13. The minimum atomic E-state index is -4.59. The van der Waals surface area contributed by atoms with Gasteiger partial charge < -0.3 is 5.73 Å². The molecule has 0 saturated carbocycles. The van der Waals surface area contributed by atoms with Crippen molar-refractivity contribution in [1.29, 1.82) is 0 Å². The summed E-state index contributed by atoms with van der Waals surface area (Å²) in [5, 5.41) is 0. The molecule has 7 heteroatoms. The Labute approximate surface area is 136 Å². The van der Waals surface area contributed by atoms with Crippen LogP contribution in [0.1, 0.15) is 41.6 Å². The van der Waals surface area contributed by atoms with Crippen molar-refractivity contribution in [3.8, 4) is 11.8 Å². The largest absolute Gasteiger partial charge is 0.420 e. The summed E-state index contributed by atoms with van der Waals surface area (Å²) in [6.07, 6.45) is -2.44. The summed E-state index contributed by atoms with van der Waals surface area (Å²) in [6.45, 7) is 1.80. The minimum Gasteiger partial charge on any atom is -0.369 e. The van der Waals surface area contributed by atoms with Gasteiger partial charge in [-0.15, -0.1) is 0 Å². The van der Waals surface area contributed by atoms with Crippen LogP contribution in [-0.4, -0.2) is 15.9 Å². The van der Waals surface area contributed by atoms with Crippen LogP contribution in [0.4, 0.5) is 13.2 Å². The molecule has 1 aromatic heterocycles. The van der Waals surface area contributed by atoms with Gasteiger partial charge >= 0.3 is 6.18 Å².